The number of piperidine rings is 2. The van der Waals surface area contributed by atoms with Gasteiger partial charge in [0, 0.05) is 38.6 Å². The summed E-state index contributed by atoms with van der Waals surface area (Å²) in [7, 11) is 1.62. The van der Waals surface area contributed by atoms with Crippen LogP contribution < -0.4 is 4.74 Å². The predicted octanol–water partition coefficient (Wildman–Crippen LogP) is 2.15. The Balaban J connectivity index is 1.36. The number of carbonyl (C=O) groups is 2. The summed E-state index contributed by atoms with van der Waals surface area (Å²) in [4.78, 5) is 33.4. The van der Waals surface area contributed by atoms with Crippen molar-refractivity contribution in [2.24, 2.45) is 5.41 Å². The van der Waals surface area contributed by atoms with Crippen LogP contribution in [0.5, 0.6) is 5.75 Å². The van der Waals surface area contributed by atoms with Crippen molar-refractivity contribution in [1.82, 2.24) is 14.8 Å². The zero-order chi connectivity index (χ0) is 21.8. The summed E-state index contributed by atoms with van der Waals surface area (Å²) < 4.78 is 5.17. The van der Waals surface area contributed by atoms with Crippen molar-refractivity contribution in [3.63, 3.8) is 0 Å². The smallest absolute Gasteiger partial charge is 0.255 e. The standard InChI is InChI=1S/C24H29N3O4/c1-31-21-6-4-18(5-7-21)13-22(29)26-11-8-24(9-12-26)14-20(28)16-27(17-24)23(30)19-3-2-10-25-15-19/h2-7,10,15,20,28H,8-9,11-14,16-17H2,1H3. The van der Waals surface area contributed by atoms with E-state index in [9.17, 15) is 14.7 Å². The monoisotopic (exact) mass is 423 g/mol. The summed E-state index contributed by atoms with van der Waals surface area (Å²) in [6.45, 7) is 2.25. The van der Waals surface area contributed by atoms with Crippen LogP contribution in [0.25, 0.3) is 0 Å². The molecule has 0 aliphatic carbocycles. The van der Waals surface area contributed by atoms with Crippen LogP contribution in [0.4, 0.5) is 0 Å². The lowest BCUT2D eigenvalue weighted by Crippen LogP contribution is -2.56. The van der Waals surface area contributed by atoms with Crippen LogP contribution in [0, 0.1) is 5.41 Å². The van der Waals surface area contributed by atoms with E-state index >= 15 is 0 Å². The molecule has 1 unspecified atom stereocenters. The van der Waals surface area contributed by atoms with Crippen LogP contribution >= 0.6 is 0 Å². The number of ether oxygens (including phenoxy) is 1. The molecule has 7 heteroatoms. The lowest BCUT2D eigenvalue weighted by atomic mass is 9.71. The minimum Gasteiger partial charge on any atom is -0.497 e. The maximum absolute atomic E-state index is 12.9. The fraction of sp³-hybridized carbons (Fsp3) is 0.458. The van der Waals surface area contributed by atoms with Crippen LogP contribution in [0.3, 0.4) is 0 Å². The Bertz CT molecular complexity index is 908. The Morgan fingerprint density at radius 2 is 1.90 bits per heavy atom. The molecule has 2 aliphatic rings. The van der Waals surface area contributed by atoms with Gasteiger partial charge in [-0.1, -0.05) is 12.1 Å². The van der Waals surface area contributed by atoms with Gasteiger partial charge in [-0.25, -0.2) is 0 Å². The Labute approximate surface area is 182 Å². The number of benzene rings is 1. The van der Waals surface area contributed by atoms with E-state index in [1.807, 2.05) is 29.2 Å². The zero-order valence-electron chi connectivity index (χ0n) is 17.9. The van der Waals surface area contributed by atoms with E-state index in [0.717, 1.165) is 24.2 Å². The number of β-amino-alcohol motifs (C(OH)–C–C–N with tert-alkyl or cyclic N) is 1. The minimum absolute atomic E-state index is 0.0933. The van der Waals surface area contributed by atoms with Crippen molar-refractivity contribution in [1.29, 1.82) is 0 Å². The molecule has 0 radical (unpaired) electrons. The fourth-order valence-electron chi connectivity index (χ4n) is 4.80. The van der Waals surface area contributed by atoms with E-state index in [1.165, 1.54) is 0 Å². The van der Waals surface area contributed by atoms with Crippen molar-refractivity contribution in [3.05, 3.63) is 59.9 Å². The summed E-state index contributed by atoms with van der Waals surface area (Å²) in [5.74, 6) is 0.793. The molecule has 7 nitrogen and oxygen atoms in total. The number of aliphatic hydroxyl groups is 1. The number of carbonyl (C=O) groups excluding carboxylic acids is 2. The number of pyridine rings is 1. The second-order valence-electron chi connectivity index (χ2n) is 8.69. The third-order valence-electron chi connectivity index (χ3n) is 6.51. The molecular weight excluding hydrogens is 394 g/mol. The van der Waals surface area contributed by atoms with Crippen LogP contribution in [-0.2, 0) is 11.2 Å². The molecule has 164 valence electrons. The molecule has 1 aromatic heterocycles. The first-order chi connectivity index (χ1) is 15.0. The quantitative estimate of drug-likeness (QED) is 0.815. The number of rotatable bonds is 4. The van der Waals surface area contributed by atoms with Gasteiger partial charge in [0.2, 0.25) is 5.91 Å². The highest BCUT2D eigenvalue weighted by Gasteiger charge is 2.43. The first-order valence-corrected chi connectivity index (χ1v) is 10.8. The zero-order valence-corrected chi connectivity index (χ0v) is 17.9. The number of hydrogen-bond donors (Lipinski definition) is 1. The third kappa shape index (κ3) is 4.88. The molecule has 31 heavy (non-hydrogen) atoms. The van der Waals surface area contributed by atoms with E-state index in [2.05, 4.69) is 4.98 Å². The summed E-state index contributed by atoms with van der Waals surface area (Å²) in [6, 6.07) is 11.1. The maximum Gasteiger partial charge on any atom is 0.255 e. The second-order valence-corrected chi connectivity index (χ2v) is 8.69. The maximum atomic E-state index is 12.9. The van der Waals surface area contributed by atoms with Crippen molar-refractivity contribution in [2.75, 3.05) is 33.3 Å². The normalized spacial score (nSPS) is 20.5. The molecule has 4 rings (SSSR count). The van der Waals surface area contributed by atoms with Gasteiger partial charge in [0.15, 0.2) is 0 Å². The molecular formula is C24H29N3O4. The number of hydrogen-bond acceptors (Lipinski definition) is 5. The highest BCUT2D eigenvalue weighted by molar-refractivity contribution is 5.94. The van der Waals surface area contributed by atoms with Gasteiger partial charge in [0.05, 0.1) is 25.2 Å². The fourth-order valence-corrected chi connectivity index (χ4v) is 4.80. The van der Waals surface area contributed by atoms with E-state index in [4.69, 9.17) is 4.74 Å². The number of aromatic nitrogens is 1. The van der Waals surface area contributed by atoms with Crippen molar-refractivity contribution < 1.29 is 19.4 Å². The number of nitrogens with zero attached hydrogens (tertiary/aromatic N) is 3. The third-order valence-corrected chi connectivity index (χ3v) is 6.51. The molecule has 1 N–H and O–H groups in total. The summed E-state index contributed by atoms with van der Waals surface area (Å²) in [5, 5.41) is 10.5. The number of methoxy groups -OCH3 is 1. The Kier molecular flexibility index (Phi) is 6.23. The van der Waals surface area contributed by atoms with E-state index in [-0.39, 0.29) is 17.2 Å². The molecule has 0 bridgehead atoms. The predicted molar refractivity (Wildman–Crippen MR) is 116 cm³/mol. The summed E-state index contributed by atoms with van der Waals surface area (Å²) >= 11 is 0. The highest BCUT2D eigenvalue weighted by Crippen LogP contribution is 2.40. The molecule has 0 saturated carbocycles. The molecule has 2 amide bonds. The van der Waals surface area contributed by atoms with Crippen molar-refractivity contribution in [3.8, 4) is 5.75 Å². The van der Waals surface area contributed by atoms with Gasteiger partial charge in [-0.05, 0) is 54.5 Å². The summed E-state index contributed by atoms with van der Waals surface area (Å²) in [6.07, 6.45) is 5.27. The van der Waals surface area contributed by atoms with Crippen LogP contribution in [0.15, 0.2) is 48.8 Å². The Morgan fingerprint density at radius 1 is 1.16 bits per heavy atom. The lowest BCUT2D eigenvalue weighted by molar-refractivity contribution is -0.134. The number of aliphatic hydroxyl groups excluding tert-OH is 1. The Hall–Kier alpha value is -2.93. The van der Waals surface area contributed by atoms with E-state index < -0.39 is 6.10 Å². The van der Waals surface area contributed by atoms with Gasteiger partial charge >= 0.3 is 0 Å². The molecule has 3 heterocycles. The summed E-state index contributed by atoms with van der Waals surface area (Å²) in [5.41, 5.74) is 1.36. The van der Waals surface area contributed by atoms with Gasteiger partial charge in [0.1, 0.15) is 5.75 Å². The number of amides is 2. The van der Waals surface area contributed by atoms with E-state index in [1.54, 1.807) is 36.5 Å². The average molecular weight is 424 g/mol. The first-order valence-electron chi connectivity index (χ1n) is 10.8. The SMILES string of the molecule is COc1ccc(CC(=O)N2CCC3(CC2)CC(O)CN(C(=O)c2cccnc2)C3)cc1. The van der Waals surface area contributed by atoms with Crippen LogP contribution in [0.2, 0.25) is 0 Å². The first kappa shape index (κ1) is 21.3. The molecule has 1 spiro atoms. The minimum atomic E-state index is -0.545. The molecule has 2 fully saturated rings. The molecule has 2 aliphatic heterocycles. The van der Waals surface area contributed by atoms with Crippen LogP contribution in [0.1, 0.15) is 35.2 Å². The lowest BCUT2D eigenvalue weighted by Gasteiger charge is -2.49. The Morgan fingerprint density at radius 3 is 2.55 bits per heavy atom. The molecule has 1 aromatic carbocycles. The van der Waals surface area contributed by atoms with Gasteiger partial charge in [-0.2, -0.15) is 0 Å². The van der Waals surface area contributed by atoms with Gasteiger partial charge < -0.3 is 19.6 Å². The van der Waals surface area contributed by atoms with E-state index in [0.29, 0.717) is 44.6 Å². The second kappa shape index (κ2) is 9.06. The molecule has 1 atom stereocenters. The van der Waals surface area contributed by atoms with Crippen LogP contribution in [-0.4, -0.2) is 71.1 Å². The average Bonchev–Trinajstić information content (AvgIpc) is 2.79. The largest absolute Gasteiger partial charge is 0.497 e. The molecule has 2 saturated heterocycles. The van der Waals surface area contributed by atoms with Gasteiger partial charge in [-0.15, -0.1) is 0 Å². The topological polar surface area (TPSA) is 83.0 Å². The number of likely N-dealkylation sites (tertiary alicyclic amines) is 2. The van der Waals surface area contributed by atoms with Gasteiger partial charge in [0.25, 0.3) is 5.91 Å². The van der Waals surface area contributed by atoms with Gasteiger partial charge in [-0.3, -0.25) is 14.6 Å². The molecule has 2 aromatic rings. The van der Waals surface area contributed by atoms with Crippen molar-refractivity contribution >= 4 is 11.8 Å². The van der Waals surface area contributed by atoms with Crippen molar-refractivity contribution in [2.45, 2.75) is 31.8 Å². The highest BCUT2D eigenvalue weighted by atomic mass is 16.5.